The number of Topliss-reactive ketones (excluding diaryl/α,β-unsaturated/α-hetero) is 1. The lowest BCUT2D eigenvalue weighted by atomic mass is 10.2. The van der Waals surface area contributed by atoms with Crippen LogP contribution in [0.3, 0.4) is 0 Å². The highest BCUT2D eigenvalue weighted by Crippen LogP contribution is 2.25. The SMILES string of the molecule is O=C(CCC(=O)c1cccs1)NNC(=O)CSc1cccc2cccnc12. The molecule has 3 aromatic rings. The van der Waals surface area contributed by atoms with Gasteiger partial charge in [-0.25, -0.2) is 0 Å². The summed E-state index contributed by atoms with van der Waals surface area (Å²) >= 11 is 2.69. The molecule has 0 aliphatic heterocycles. The number of carbonyl (C=O) groups is 3. The quantitative estimate of drug-likeness (QED) is 0.362. The van der Waals surface area contributed by atoms with Crippen molar-refractivity contribution in [1.29, 1.82) is 0 Å². The third-order valence-electron chi connectivity index (χ3n) is 3.67. The number of nitrogens with zero attached hydrogens (tertiary/aromatic N) is 1. The highest BCUT2D eigenvalue weighted by Gasteiger charge is 2.11. The Morgan fingerprint density at radius 3 is 2.59 bits per heavy atom. The third kappa shape index (κ3) is 5.38. The number of hydrogen-bond acceptors (Lipinski definition) is 6. The van der Waals surface area contributed by atoms with E-state index in [2.05, 4.69) is 15.8 Å². The third-order valence-corrected chi connectivity index (χ3v) is 5.63. The average molecular weight is 399 g/mol. The zero-order chi connectivity index (χ0) is 19.1. The second-order valence-electron chi connectivity index (χ2n) is 5.62. The van der Waals surface area contributed by atoms with E-state index in [1.54, 1.807) is 18.3 Å². The summed E-state index contributed by atoms with van der Waals surface area (Å²) < 4.78 is 0. The molecule has 0 aliphatic rings. The minimum atomic E-state index is -0.398. The topological polar surface area (TPSA) is 88.2 Å². The molecule has 8 heteroatoms. The molecular formula is C19H17N3O3S2. The molecule has 2 heterocycles. The molecule has 1 aromatic carbocycles. The standard InChI is InChI=1S/C19H17N3O3S2/c23-14(15-7-3-11-26-15)8-9-17(24)21-22-18(25)12-27-16-6-1-4-13-5-2-10-20-19(13)16/h1-7,10-11H,8-9,12H2,(H,21,24)(H,22,25). The summed E-state index contributed by atoms with van der Waals surface area (Å²) in [6.45, 7) is 0. The molecule has 0 unspecified atom stereocenters. The fourth-order valence-electron chi connectivity index (χ4n) is 2.36. The van der Waals surface area contributed by atoms with E-state index in [1.165, 1.54) is 23.1 Å². The van der Waals surface area contributed by atoms with E-state index in [0.29, 0.717) is 4.88 Å². The summed E-state index contributed by atoms with van der Waals surface area (Å²) in [5, 5.41) is 2.82. The van der Waals surface area contributed by atoms with E-state index in [1.807, 2.05) is 35.7 Å². The Bertz CT molecular complexity index is 953. The van der Waals surface area contributed by atoms with Crippen LogP contribution in [-0.4, -0.2) is 28.3 Å². The molecular weight excluding hydrogens is 382 g/mol. The molecule has 2 aromatic heterocycles. The molecule has 0 aliphatic carbocycles. The summed E-state index contributed by atoms with van der Waals surface area (Å²) in [5.74, 6) is -0.661. The summed E-state index contributed by atoms with van der Waals surface area (Å²) in [5.41, 5.74) is 5.55. The second-order valence-corrected chi connectivity index (χ2v) is 7.58. The van der Waals surface area contributed by atoms with Crippen molar-refractivity contribution >= 4 is 51.6 Å². The molecule has 0 saturated heterocycles. The van der Waals surface area contributed by atoms with Crippen LogP contribution in [-0.2, 0) is 9.59 Å². The van der Waals surface area contributed by atoms with E-state index in [9.17, 15) is 14.4 Å². The lowest BCUT2D eigenvalue weighted by Gasteiger charge is -2.08. The molecule has 0 radical (unpaired) electrons. The van der Waals surface area contributed by atoms with Crippen molar-refractivity contribution in [2.24, 2.45) is 0 Å². The highest BCUT2D eigenvalue weighted by molar-refractivity contribution is 8.00. The van der Waals surface area contributed by atoms with Crippen LogP contribution < -0.4 is 10.9 Å². The smallest absolute Gasteiger partial charge is 0.248 e. The van der Waals surface area contributed by atoms with Crippen LogP contribution in [0.2, 0.25) is 0 Å². The number of para-hydroxylation sites is 1. The number of amides is 2. The van der Waals surface area contributed by atoms with Gasteiger partial charge in [-0.3, -0.25) is 30.2 Å². The van der Waals surface area contributed by atoms with Crippen molar-refractivity contribution < 1.29 is 14.4 Å². The first kappa shape index (κ1) is 19.1. The molecule has 0 spiro atoms. The van der Waals surface area contributed by atoms with E-state index < -0.39 is 5.91 Å². The van der Waals surface area contributed by atoms with E-state index in [4.69, 9.17) is 0 Å². The van der Waals surface area contributed by atoms with Gasteiger partial charge in [-0.2, -0.15) is 0 Å². The minimum Gasteiger partial charge on any atom is -0.293 e. The number of thioether (sulfide) groups is 1. The predicted molar refractivity (Wildman–Crippen MR) is 107 cm³/mol. The van der Waals surface area contributed by atoms with Crippen molar-refractivity contribution in [3.8, 4) is 0 Å². The van der Waals surface area contributed by atoms with Gasteiger partial charge in [0.15, 0.2) is 5.78 Å². The van der Waals surface area contributed by atoms with Gasteiger partial charge >= 0.3 is 0 Å². The fraction of sp³-hybridized carbons (Fsp3) is 0.158. The largest absolute Gasteiger partial charge is 0.293 e. The molecule has 0 atom stereocenters. The Labute approximate surface area is 164 Å². The number of carbonyl (C=O) groups excluding carboxylic acids is 3. The second kappa shape index (κ2) is 9.29. The molecule has 0 fully saturated rings. The number of nitrogens with one attached hydrogen (secondary N) is 2. The van der Waals surface area contributed by atoms with Gasteiger partial charge in [-0.1, -0.05) is 24.3 Å². The van der Waals surface area contributed by atoms with Crippen LogP contribution in [0.5, 0.6) is 0 Å². The van der Waals surface area contributed by atoms with Crippen molar-refractivity contribution in [3.63, 3.8) is 0 Å². The maximum Gasteiger partial charge on any atom is 0.248 e. The lowest BCUT2D eigenvalue weighted by Crippen LogP contribution is -2.42. The van der Waals surface area contributed by atoms with Gasteiger partial charge in [-0.15, -0.1) is 23.1 Å². The molecule has 2 amide bonds. The normalized spacial score (nSPS) is 10.5. The van der Waals surface area contributed by atoms with Crippen molar-refractivity contribution in [3.05, 3.63) is 58.9 Å². The maximum atomic E-state index is 11.9. The number of pyridine rings is 1. The maximum absolute atomic E-state index is 11.9. The molecule has 0 bridgehead atoms. The summed E-state index contributed by atoms with van der Waals surface area (Å²) in [6.07, 6.45) is 1.85. The number of thiophene rings is 1. The first-order chi connectivity index (χ1) is 13.1. The zero-order valence-electron chi connectivity index (χ0n) is 14.3. The predicted octanol–water partition coefficient (Wildman–Crippen LogP) is 3.20. The molecule has 6 nitrogen and oxygen atoms in total. The monoisotopic (exact) mass is 399 g/mol. The van der Waals surface area contributed by atoms with Crippen LogP contribution in [0.25, 0.3) is 10.9 Å². The highest BCUT2D eigenvalue weighted by atomic mass is 32.2. The van der Waals surface area contributed by atoms with Gasteiger partial charge in [0.05, 0.1) is 16.1 Å². The van der Waals surface area contributed by atoms with Crippen LogP contribution in [0.4, 0.5) is 0 Å². The summed E-state index contributed by atoms with van der Waals surface area (Å²) in [6, 6.07) is 13.1. The number of ketones is 1. The van der Waals surface area contributed by atoms with Crippen molar-refractivity contribution in [2.75, 3.05) is 5.75 Å². The Morgan fingerprint density at radius 1 is 0.963 bits per heavy atom. The average Bonchev–Trinajstić information content (AvgIpc) is 3.23. The molecule has 138 valence electrons. The van der Waals surface area contributed by atoms with Gasteiger partial charge in [0.25, 0.3) is 0 Å². The zero-order valence-corrected chi connectivity index (χ0v) is 15.9. The summed E-state index contributed by atoms with van der Waals surface area (Å²) in [7, 11) is 0. The molecule has 27 heavy (non-hydrogen) atoms. The van der Waals surface area contributed by atoms with Gasteiger partial charge in [0.1, 0.15) is 0 Å². The number of hydrazine groups is 1. The summed E-state index contributed by atoms with van der Waals surface area (Å²) in [4.78, 5) is 41.4. The first-order valence-corrected chi connectivity index (χ1v) is 10.1. The van der Waals surface area contributed by atoms with Gasteiger partial charge in [-0.05, 0) is 23.6 Å². The molecule has 2 N–H and O–H groups in total. The van der Waals surface area contributed by atoms with Gasteiger partial charge < -0.3 is 0 Å². The van der Waals surface area contributed by atoms with Crippen LogP contribution in [0.1, 0.15) is 22.5 Å². The Hall–Kier alpha value is -2.71. The number of rotatable bonds is 7. The van der Waals surface area contributed by atoms with Gasteiger partial charge in [0.2, 0.25) is 11.8 Å². The fourth-order valence-corrected chi connectivity index (χ4v) is 3.90. The van der Waals surface area contributed by atoms with E-state index in [-0.39, 0.29) is 30.3 Å². The van der Waals surface area contributed by atoms with Crippen molar-refractivity contribution in [2.45, 2.75) is 17.7 Å². The van der Waals surface area contributed by atoms with Crippen LogP contribution in [0.15, 0.2) is 58.9 Å². The number of benzene rings is 1. The number of hydrogen-bond donors (Lipinski definition) is 2. The Balaban J connectivity index is 1.41. The first-order valence-electron chi connectivity index (χ1n) is 8.24. The molecule has 3 rings (SSSR count). The minimum absolute atomic E-state index is 0.0252. The van der Waals surface area contributed by atoms with Crippen LogP contribution in [0, 0.1) is 0 Å². The Morgan fingerprint density at radius 2 is 1.78 bits per heavy atom. The Kier molecular flexibility index (Phi) is 6.56. The molecule has 0 saturated carbocycles. The van der Waals surface area contributed by atoms with E-state index in [0.717, 1.165) is 15.8 Å². The van der Waals surface area contributed by atoms with Crippen molar-refractivity contribution in [1.82, 2.24) is 15.8 Å². The number of fused-ring (bicyclic) bond motifs is 1. The lowest BCUT2D eigenvalue weighted by molar-refractivity contribution is -0.127. The van der Waals surface area contributed by atoms with Crippen LogP contribution >= 0.6 is 23.1 Å². The van der Waals surface area contributed by atoms with E-state index >= 15 is 0 Å². The number of aromatic nitrogens is 1. The van der Waals surface area contributed by atoms with Gasteiger partial charge in [0, 0.05) is 29.3 Å².